The fraction of sp³-hybridized carbons (Fsp3) is 0.333. The monoisotopic (exact) mass is 349 g/mol. The van der Waals surface area contributed by atoms with E-state index in [0.717, 1.165) is 5.56 Å². The number of carbonyl (C=O) groups excluding carboxylic acids is 1. The van der Waals surface area contributed by atoms with Gasteiger partial charge in [-0.05, 0) is 36.6 Å². The van der Waals surface area contributed by atoms with Gasteiger partial charge in [-0.1, -0.05) is 18.5 Å². The Hall–Kier alpha value is -2.27. The Morgan fingerprint density at radius 3 is 2.29 bits per heavy atom. The van der Waals surface area contributed by atoms with Gasteiger partial charge in [-0.2, -0.15) is 0 Å². The summed E-state index contributed by atoms with van der Waals surface area (Å²) in [4.78, 5) is 17.3. The number of hydrogen-bond donors (Lipinski definition) is 0. The van der Waals surface area contributed by atoms with Gasteiger partial charge in [0.2, 0.25) is 5.88 Å². The predicted molar refractivity (Wildman–Crippen MR) is 92.9 cm³/mol. The van der Waals surface area contributed by atoms with Crippen molar-refractivity contribution in [1.29, 1.82) is 0 Å². The summed E-state index contributed by atoms with van der Waals surface area (Å²) < 4.78 is 15.9. The average molecular weight is 350 g/mol. The largest absolute Gasteiger partial charge is 0.493 e. The minimum absolute atomic E-state index is 0.211. The summed E-state index contributed by atoms with van der Waals surface area (Å²) in [7, 11) is 4.56. The number of ketones is 1. The lowest BCUT2D eigenvalue weighted by atomic mass is 9.95. The third-order valence-corrected chi connectivity index (χ3v) is 4.17. The molecule has 0 saturated heterocycles. The number of pyridine rings is 1. The second kappa shape index (κ2) is 7.53. The molecule has 0 amide bonds. The second-order valence-electron chi connectivity index (χ2n) is 5.17. The summed E-state index contributed by atoms with van der Waals surface area (Å²) in [6.45, 7) is 3.77. The van der Waals surface area contributed by atoms with Crippen LogP contribution in [0.5, 0.6) is 17.4 Å². The molecule has 1 aromatic carbocycles. The summed E-state index contributed by atoms with van der Waals surface area (Å²) in [5.41, 5.74) is 2.34. The van der Waals surface area contributed by atoms with E-state index in [0.29, 0.717) is 39.6 Å². The first-order valence-electron chi connectivity index (χ1n) is 7.47. The molecule has 1 heterocycles. The summed E-state index contributed by atoms with van der Waals surface area (Å²) in [6, 6.07) is 3.43. The molecule has 1 aromatic heterocycles. The number of nitrogens with zero attached hydrogens (tertiary/aromatic N) is 1. The van der Waals surface area contributed by atoms with Gasteiger partial charge >= 0.3 is 0 Å². The van der Waals surface area contributed by atoms with Crippen LogP contribution in [0.25, 0.3) is 0 Å². The number of hydrogen-bond acceptors (Lipinski definition) is 5. The number of halogens is 1. The van der Waals surface area contributed by atoms with Gasteiger partial charge in [-0.15, -0.1) is 0 Å². The average Bonchev–Trinajstić information content (AvgIpc) is 2.60. The minimum atomic E-state index is -0.211. The minimum Gasteiger partial charge on any atom is -0.493 e. The lowest BCUT2D eigenvalue weighted by Crippen LogP contribution is -2.11. The van der Waals surface area contributed by atoms with Gasteiger partial charge in [-0.25, -0.2) is 4.98 Å². The summed E-state index contributed by atoms with van der Waals surface area (Å²) >= 11 is 6.22. The molecule has 6 heteroatoms. The molecule has 0 atom stereocenters. The number of aryl methyl sites for hydroxylation is 1. The number of ether oxygens (including phenoxy) is 3. The van der Waals surface area contributed by atoms with E-state index < -0.39 is 0 Å². The van der Waals surface area contributed by atoms with Crippen LogP contribution < -0.4 is 14.2 Å². The Kier molecular flexibility index (Phi) is 5.67. The molecule has 2 aromatic rings. The van der Waals surface area contributed by atoms with Crippen molar-refractivity contribution in [2.75, 3.05) is 21.3 Å². The zero-order valence-corrected chi connectivity index (χ0v) is 15.2. The van der Waals surface area contributed by atoms with Crippen LogP contribution in [-0.2, 0) is 6.42 Å². The molecule has 0 saturated carbocycles. The first kappa shape index (κ1) is 18.1. The van der Waals surface area contributed by atoms with Crippen LogP contribution in [0.1, 0.15) is 34.0 Å². The molecule has 0 unspecified atom stereocenters. The Labute approximate surface area is 146 Å². The van der Waals surface area contributed by atoms with Crippen molar-refractivity contribution in [3.05, 3.63) is 45.6 Å². The molecule has 0 N–H and O–H groups in total. The van der Waals surface area contributed by atoms with E-state index in [1.165, 1.54) is 20.4 Å². The number of rotatable bonds is 6. The lowest BCUT2D eigenvalue weighted by molar-refractivity contribution is 0.103. The fourth-order valence-corrected chi connectivity index (χ4v) is 2.88. The molecular weight excluding hydrogens is 330 g/mol. The van der Waals surface area contributed by atoms with Gasteiger partial charge in [-0.3, -0.25) is 4.79 Å². The number of benzene rings is 1. The maximum atomic E-state index is 13.2. The highest BCUT2D eigenvalue weighted by Crippen LogP contribution is 2.34. The van der Waals surface area contributed by atoms with Gasteiger partial charge < -0.3 is 14.2 Å². The van der Waals surface area contributed by atoms with Crippen LogP contribution in [-0.4, -0.2) is 32.1 Å². The van der Waals surface area contributed by atoms with Crippen molar-refractivity contribution in [2.24, 2.45) is 0 Å². The van der Waals surface area contributed by atoms with Crippen LogP contribution in [0.15, 0.2) is 18.3 Å². The standard InChI is InChI=1S/C18H20ClNO4/c1-6-11-13(19)9-20-18(24-5)16(11)17(21)12-8-15(23-4)14(22-3)7-10(12)2/h7-9H,6H2,1-5H3. The summed E-state index contributed by atoms with van der Waals surface area (Å²) in [5, 5.41) is 0.444. The molecule has 2 rings (SSSR count). The number of carbonyl (C=O) groups is 1. The van der Waals surface area contributed by atoms with E-state index in [-0.39, 0.29) is 11.7 Å². The van der Waals surface area contributed by atoms with E-state index in [1.807, 2.05) is 13.8 Å². The first-order valence-corrected chi connectivity index (χ1v) is 7.84. The van der Waals surface area contributed by atoms with Crippen molar-refractivity contribution in [1.82, 2.24) is 4.98 Å². The van der Waals surface area contributed by atoms with Gasteiger partial charge in [0, 0.05) is 11.8 Å². The Morgan fingerprint density at radius 1 is 1.12 bits per heavy atom. The smallest absolute Gasteiger partial charge is 0.224 e. The van der Waals surface area contributed by atoms with Crippen molar-refractivity contribution < 1.29 is 19.0 Å². The molecule has 0 bridgehead atoms. The first-order chi connectivity index (χ1) is 11.5. The highest BCUT2D eigenvalue weighted by Gasteiger charge is 2.24. The fourth-order valence-electron chi connectivity index (χ4n) is 2.60. The maximum absolute atomic E-state index is 13.2. The lowest BCUT2D eigenvalue weighted by Gasteiger charge is -2.15. The van der Waals surface area contributed by atoms with Crippen LogP contribution in [0, 0.1) is 6.92 Å². The van der Waals surface area contributed by atoms with Gasteiger partial charge in [0.15, 0.2) is 17.3 Å². The maximum Gasteiger partial charge on any atom is 0.224 e. The molecule has 0 fully saturated rings. The van der Waals surface area contributed by atoms with Gasteiger partial charge in [0.25, 0.3) is 0 Å². The normalized spacial score (nSPS) is 10.4. The molecule has 0 aliphatic heterocycles. The zero-order valence-electron chi connectivity index (χ0n) is 14.4. The van der Waals surface area contributed by atoms with Crippen molar-refractivity contribution >= 4 is 17.4 Å². The quantitative estimate of drug-likeness (QED) is 0.741. The van der Waals surface area contributed by atoms with Crippen LogP contribution in [0.2, 0.25) is 5.02 Å². The summed E-state index contributed by atoms with van der Waals surface area (Å²) in [6.07, 6.45) is 2.09. The van der Waals surface area contributed by atoms with Crippen molar-refractivity contribution in [3.8, 4) is 17.4 Å². The SMILES string of the molecule is CCc1c(Cl)cnc(OC)c1C(=O)c1cc(OC)c(OC)cc1C. The molecule has 128 valence electrons. The van der Waals surface area contributed by atoms with E-state index in [4.69, 9.17) is 25.8 Å². The zero-order chi connectivity index (χ0) is 17.9. The van der Waals surface area contributed by atoms with Crippen molar-refractivity contribution in [3.63, 3.8) is 0 Å². The van der Waals surface area contributed by atoms with E-state index in [9.17, 15) is 4.79 Å². The number of aromatic nitrogens is 1. The van der Waals surface area contributed by atoms with Crippen molar-refractivity contribution in [2.45, 2.75) is 20.3 Å². The van der Waals surface area contributed by atoms with Gasteiger partial charge in [0.1, 0.15) is 0 Å². The van der Waals surface area contributed by atoms with Crippen LogP contribution in [0.3, 0.4) is 0 Å². The molecule has 0 aliphatic carbocycles. The summed E-state index contributed by atoms with van der Waals surface area (Å²) in [5.74, 6) is 1.10. The molecule has 0 radical (unpaired) electrons. The van der Waals surface area contributed by atoms with E-state index >= 15 is 0 Å². The highest BCUT2D eigenvalue weighted by molar-refractivity contribution is 6.32. The van der Waals surface area contributed by atoms with E-state index in [2.05, 4.69) is 4.98 Å². The Morgan fingerprint density at radius 2 is 1.75 bits per heavy atom. The molecular formula is C18H20ClNO4. The molecule has 0 spiro atoms. The second-order valence-corrected chi connectivity index (χ2v) is 5.58. The molecule has 5 nitrogen and oxygen atoms in total. The molecule has 24 heavy (non-hydrogen) atoms. The number of methoxy groups -OCH3 is 3. The van der Waals surface area contributed by atoms with Crippen LogP contribution >= 0.6 is 11.6 Å². The van der Waals surface area contributed by atoms with E-state index in [1.54, 1.807) is 19.2 Å². The highest BCUT2D eigenvalue weighted by atomic mass is 35.5. The topological polar surface area (TPSA) is 57.7 Å². The van der Waals surface area contributed by atoms with Crippen LogP contribution in [0.4, 0.5) is 0 Å². The van der Waals surface area contributed by atoms with Gasteiger partial charge in [0.05, 0.1) is 31.9 Å². The molecule has 0 aliphatic rings. The Balaban J connectivity index is 2.68. The third-order valence-electron chi connectivity index (χ3n) is 3.85. The third kappa shape index (κ3) is 3.17. The predicted octanol–water partition coefficient (Wildman–Crippen LogP) is 3.86. The Bertz CT molecular complexity index is 774.